The lowest BCUT2D eigenvalue weighted by Gasteiger charge is -2.23. The zero-order valence-electron chi connectivity index (χ0n) is 12.5. The summed E-state index contributed by atoms with van der Waals surface area (Å²) in [7, 11) is 0. The fourth-order valence-electron chi connectivity index (χ4n) is 1.74. The number of anilines is 1. The molecule has 0 aliphatic carbocycles. The van der Waals surface area contributed by atoms with Gasteiger partial charge in [-0.15, -0.1) is 0 Å². The molecule has 0 unspecified atom stereocenters. The molecular weight excluding hydrogens is 277 g/mol. The lowest BCUT2D eigenvalue weighted by Crippen LogP contribution is -2.37. The van der Waals surface area contributed by atoms with E-state index >= 15 is 0 Å². The molecule has 0 saturated carbocycles. The highest BCUT2D eigenvalue weighted by Crippen LogP contribution is 2.13. The number of pyridine rings is 1. The summed E-state index contributed by atoms with van der Waals surface area (Å²) < 4.78 is 23.8. The molecule has 1 rings (SSSR count). The largest absolute Gasteiger partial charge is 0.383 e. The smallest absolute Gasteiger partial charge is 0.257 e. The number of halogens is 1. The zero-order chi connectivity index (χ0) is 15.7. The standard InChI is InChI=1S/C14H22FN3O3/c1-3-20-7-5-18(6-8-21-4-2)14(19)12-9-11(15)10-17-13(12)16/h9-10H,3-8H2,1-2H3,(H2,16,17). The topological polar surface area (TPSA) is 77.7 Å². The van der Waals surface area contributed by atoms with Crippen molar-refractivity contribution in [3.8, 4) is 0 Å². The predicted molar refractivity (Wildman–Crippen MR) is 77.5 cm³/mol. The average Bonchev–Trinajstić information content (AvgIpc) is 2.48. The van der Waals surface area contributed by atoms with Crippen LogP contribution in [-0.4, -0.2) is 55.3 Å². The van der Waals surface area contributed by atoms with Gasteiger partial charge in [-0.25, -0.2) is 9.37 Å². The first-order valence-electron chi connectivity index (χ1n) is 6.95. The molecule has 0 aliphatic heterocycles. The first-order valence-corrected chi connectivity index (χ1v) is 6.95. The normalized spacial score (nSPS) is 10.6. The molecule has 0 spiro atoms. The van der Waals surface area contributed by atoms with E-state index in [1.165, 1.54) is 4.90 Å². The maximum atomic E-state index is 13.2. The van der Waals surface area contributed by atoms with Gasteiger partial charge in [-0.2, -0.15) is 0 Å². The van der Waals surface area contributed by atoms with Crippen LogP contribution in [0.3, 0.4) is 0 Å². The Bertz CT molecular complexity index is 447. The fraction of sp³-hybridized carbons (Fsp3) is 0.571. The van der Waals surface area contributed by atoms with E-state index in [-0.39, 0.29) is 17.3 Å². The highest BCUT2D eigenvalue weighted by atomic mass is 19.1. The summed E-state index contributed by atoms with van der Waals surface area (Å²) in [6, 6.07) is 1.10. The number of rotatable bonds is 9. The lowest BCUT2D eigenvalue weighted by atomic mass is 10.2. The van der Waals surface area contributed by atoms with E-state index in [4.69, 9.17) is 15.2 Å². The van der Waals surface area contributed by atoms with E-state index in [1.54, 1.807) is 0 Å². The van der Waals surface area contributed by atoms with Gasteiger partial charge in [0.1, 0.15) is 11.6 Å². The Balaban J connectivity index is 2.79. The summed E-state index contributed by atoms with van der Waals surface area (Å²) in [5.74, 6) is -0.958. The minimum atomic E-state index is -0.595. The van der Waals surface area contributed by atoms with E-state index in [0.29, 0.717) is 39.5 Å². The quantitative estimate of drug-likeness (QED) is 0.696. The van der Waals surface area contributed by atoms with Crippen LogP contribution >= 0.6 is 0 Å². The Morgan fingerprint density at radius 2 is 1.86 bits per heavy atom. The van der Waals surface area contributed by atoms with E-state index in [9.17, 15) is 9.18 Å². The van der Waals surface area contributed by atoms with E-state index in [2.05, 4.69) is 4.98 Å². The molecule has 0 aromatic carbocycles. The average molecular weight is 299 g/mol. The van der Waals surface area contributed by atoms with Gasteiger partial charge in [-0.05, 0) is 19.9 Å². The molecule has 6 nitrogen and oxygen atoms in total. The van der Waals surface area contributed by atoms with Gasteiger partial charge in [0.05, 0.1) is 25.0 Å². The number of hydrogen-bond acceptors (Lipinski definition) is 5. The molecule has 0 aliphatic rings. The zero-order valence-corrected chi connectivity index (χ0v) is 12.5. The second-order valence-corrected chi connectivity index (χ2v) is 4.27. The molecule has 0 bridgehead atoms. The molecule has 0 radical (unpaired) electrons. The lowest BCUT2D eigenvalue weighted by molar-refractivity contribution is 0.0550. The van der Waals surface area contributed by atoms with E-state index in [1.807, 2.05) is 13.8 Å². The van der Waals surface area contributed by atoms with Gasteiger partial charge in [-0.1, -0.05) is 0 Å². The van der Waals surface area contributed by atoms with E-state index < -0.39 is 5.82 Å². The molecule has 0 saturated heterocycles. The highest BCUT2D eigenvalue weighted by Gasteiger charge is 2.19. The third-order valence-electron chi connectivity index (χ3n) is 2.82. The third kappa shape index (κ3) is 5.65. The molecule has 0 atom stereocenters. The maximum Gasteiger partial charge on any atom is 0.257 e. The Morgan fingerprint density at radius 3 is 2.38 bits per heavy atom. The highest BCUT2D eigenvalue weighted by molar-refractivity contribution is 5.98. The summed E-state index contributed by atoms with van der Waals surface area (Å²) in [4.78, 5) is 17.6. The van der Waals surface area contributed by atoms with Crippen molar-refractivity contribution in [3.63, 3.8) is 0 Å². The Kier molecular flexibility index (Phi) is 7.63. The van der Waals surface area contributed by atoms with Crippen LogP contribution in [0.2, 0.25) is 0 Å². The molecule has 118 valence electrons. The number of amides is 1. The van der Waals surface area contributed by atoms with Crippen molar-refractivity contribution in [2.24, 2.45) is 0 Å². The summed E-state index contributed by atoms with van der Waals surface area (Å²) in [5.41, 5.74) is 5.71. The number of carbonyl (C=O) groups is 1. The summed E-state index contributed by atoms with van der Waals surface area (Å²) in [5, 5.41) is 0. The van der Waals surface area contributed by atoms with Gasteiger partial charge in [0.25, 0.3) is 5.91 Å². The molecule has 2 N–H and O–H groups in total. The van der Waals surface area contributed by atoms with Crippen LogP contribution in [0.5, 0.6) is 0 Å². The number of nitrogens with two attached hydrogens (primary N) is 1. The maximum absolute atomic E-state index is 13.2. The Morgan fingerprint density at radius 1 is 1.29 bits per heavy atom. The summed E-state index contributed by atoms with van der Waals surface area (Å²) in [6.45, 7) is 6.45. The van der Waals surface area contributed by atoms with Crippen molar-refractivity contribution in [1.82, 2.24) is 9.88 Å². The van der Waals surface area contributed by atoms with Crippen LogP contribution in [0.1, 0.15) is 24.2 Å². The van der Waals surface area contributed by atoms with Gasteiger partial charge >= 0.3 is 0 Å². The van der Waals surface area contributed by atoms with Crippen molar-refractivity contribution in [2.75, 3.05) is 45.3 Å². The number of ether oxygens (including phenoxy) is 2. The fourth-order valence-corrected chi connectivity index (χ4v) is 1.74. The van der Waals surface area contributed by atoms with Crippen LogP contribution in [0.15, 0.2) is 12.3 Å². The number of aromatic nitrogens is 1. The minimum absolute atomic E-state index is 0.0132. The molecular formula is C14H22FN3O3. The van der Waals surface area contributed by atoms with Gasteiger partial charge in [0.2, 0.25) is 0 Å². The molecule has 21 heavy (non-hydrogen) atoms. The molecule has 1 aromatic rings. The predicted octanol–water partition coefficient (Wildman–Crippen LogP) is 1.32. The van der Waals surface area contributed by atoms with Crippen LogP contribution in [0.25, 0.3) is 0 Å². The Labute approximate surface area is 124 Å². The second kappa shape index (κ2) is 9.25. The van der Waals surface area contributed by atoms with Gasteiger partial charge in [-0.3, -0.25) is 4.79 Å². The van der Waals surface area contributed by atoms with Crippen molar-refractivity contribution in [3.05, 3.63) is 23.6 Å². The molecule has 7 heteroatoms. The minimum Gasteiger partial charge on any atom is -0.383 e. The van der Waals surface area contributed by atoms with Gasteiger partial charge < -0.3 is 20.1 Å². The number of carbonyl (C=O) groups excluding carboxylic acids is 1. The van der Waals surface area contributed by atoms with Gasteiger partial charge in [0.15, 0.2) is 0 Å². The van der Waals surface area contributed by atoms with Crippen molar-refractivity contribution >= 4 is 11.7 Å². The summed E-state index contributed by atoms with van der Waals surface area (Å²) in [6.07, 6.45) is 0.983. The van der Waals surface area contributed by atoms with Crippen molar-refractivity contribution in [1.29, 1.82) is 0 Å². The van der Waals surface area contributed by atoms with E-state index in [0.717, 1.165) is 12.3 Å². The first-order chi connectivity index (χ1) is 10.1. The van der Waals surface area contributed by atoms with Crippen molar-refractivity contribution in [2.45, 2.75) is 13.8 Å². The van der Waals surface area contributed by atoms with Crippen LogP contribution < -0.4 is 5.73 Å². The molecule has 1 heterocycles. The van der Waals surface area contributed by atoms with Crippen molar-refractivity contribution < 1.29 is 18.7 Å². The molecule has 0 fully saturated rings. The van der Waals surface area contributed by atoms with Crippen LogP contribution in [0, 0.1) is 5.82 Å². The third-order valence-corrected chi connectivity index (χ3v) is 2.82. The second-order valence-electron chi connectivity index (χ2n) is 4.27. The number of nitrogen functional groups attached to an aromatic ring is 1. The number of hydrogen-bond donors (Lipinski definition) is 1. The molecule has 1 amide bonds. The van der Waals surface area contributed by atoms with Gasteiger partial charge in [0, 0.05) is 26.3 Å². The summed E-state index contributed by atoms with van der Waals surface area (Å²) >= 11 is 0. The number of nitrogens with zero attached hydrogens (tertiary/aromatic N) is 2. The van der Waals surface area contributed by atoms with Crippen LogP contribution in [0.4, 0.5) is 10.2 Å². The first kappa shape index (κ1) is 17.3. The molecule has 1 aromatic heterocycles. The SMILES string of the molecule is CCOCCN(CCOCC)C(=O)c1cc(F)cnc1N. The Hall–Kier alpha value is -1.73. The monoisotopic (exact) mass is 299 g/mol. The van der Waals surface area contributed by atoms with Crippen LogP contribution in [-0.2, 0) is 9.47 Å².